The number of rotatable bonds is 2. The Morgan fingerprint density at radius 2 is 1.80 bits per heavy atom. The summed E-state index contributed by atoms with van der Waals surface area (Å²) in [6.45, 7) is 7.56. The first-order valence-electron chi connectivity index (χ1n) is 6.57. The molecule has 0 fully saturated rings. The summed E-state index contributed by atoms with van der Waals surface area (Å²) in [6.07, 6.45) is 0. The van der Waals surface area contributed by atoms with Crippen molar-refractivity contribution in [2.24, 2.45) is 0 Å². The van der Waals surface area contributed by atoms with E-state index in [1.54, 1.807) is 30.3 Å². The second kappa shape index (κ2) is 5.16. The average molecular weight is 271 g/mol. The van der Waals surface area contributed by atoms with E-state index in [1.807, 2.05) is 20.8 Å². The summed E-state index contributed by atoms with van der Waals surface area (Å²) in [6, 6.07) is 9.90. The molecule has 0 saturated carbocycles. The van der Waals surface area contributed by atoms with Gasteiger partial charge < -0.3 is 0 Å². The highest BCUT2D eigenvalue weighted by Gasteiger charge is 2.19. The number of hydrogen-bond acceptors (Lipinski definition) is 2. The largest absolute Gasteiger partial charge is 0.295 e. The van der Waals surface area contributed by atoms with Gasteiger partial charge in [0.25, 0.3) is 0 Å². The molecule has 2 aromatic rings. The van der Waals surface area contributed by atoms with Crippen molar-refractivity contribution in [3.8, 4) is 11.3 Å². The lowest BCUT2D eigenvalue weighted by Crippen LogP contribution is -2.15. The van der Waals surface area contributed by atoms with E-state index in [9.17, 15) is 9.18 Å². The summed E-state index contributed by atoms with van der Waals surface area (Å²) in [5, 5.41) is 0. The molecule has 1 aromatic carbocycles. The van der Waals surface area contributed by atoms with Gasteiger partial charge in [0.1, 0.15) is 5.82 Å². The Labute approximate surface area is 118 Å². The molecule has 1 heterocycles. The van der Waals surface area contributed by atoms with E-state index in [2.05, 4.69) is 4.98 Å². The highest BCUT2D eigenvalue weighted by Crippen LogP contribution is 2.27. The number of Topliss-reactive ketones (excluding diaryl/α,β-unsaturated/α-hetero) is 1. The van der Waals surface area contributed by atoms with E-state index in [-0.39, 0.29) is 17.0 Å². The third kappa shape index (κ3) is 2.93. The predicted octanol–water partition coefficient (Wildman–Crippen LogP) is 4.39. The molecule has 0 aliphatic rings. The first-order chi connectivity index (χ1) is 9.29. The van der Waals surface area contributed by atoms with Crippen molar-refractivity contribution in [3.63, 3.8) is 0 Å². The Morgan fingerprint density at radius 1 is 1.15 bits per heavy atom. The van der Waals surface area contributed by atoms with Crippen LogP contribution in [0.3, 0.4) is 0 Å². The summed E-state index contributed by atoms with van der Waals surface area (Å²) in [4.78, 5) is 16.2. The summed E-state index contributed by atoms with van der Waals surface area (Å²) in [5.41, 5.74) is 2.05. The molecule has 104 valence electrons. The Hall–Kier alpha value is -2.03. The Balaban J connectivity index is 2.68. The second-order valence-electron chi connectivity index (χ2n) is 5.91. The van der Waals surface area contributed by atoms with Gasteiger partial charge in [0.05, 0.1) is 5.69 Å². The molecule has 2 rings (SSSR count). The number of carbonyl (C=O) groups is 1. The Kier molecular flexibility index (Phi) is 3.71. The molecular weight excluding hydrogens is 253 g/mol. The van der Waals surface area contributed by atoms with Gasteiger partial charge in [-0.1, -0.05) is 32.9 Å². The van der Waals surface area contributed by atoms with Gasteiger partial charge in [-0.2, -0.15) is 0 Å². The molecule has 0 amide bonds. The topological polar surface area (TPSA) is 30.0 Å². The molecule has 3 heteroatoms. The van der Waals surface area contributed by atoms with Crippen molar-refractivity contribution in [1.82, 2.24) is 4.98 Å². The van der Waals surface area contributed by atoms with E-state index in [0.717, 1.165) is 5.69 Å². The van der Waals surface area contributed by atoms with Crippen molar-refractivity contribution >= 4 is 5.78 Å². The van der Waals surface area contributed by atoms with Crippen molar-refractivity contribution in [2.45, 2.75) is 33.1 Å². The minimum Gasteiger partial charge on any atom is -0.295 e. The van der Waals surface area contributed by atoms with Crippen LogP contribution in [0.4, 0.5) is 4.39 Å². The van der Waals surface area contributed by atoms with Gasteiger partial charge in [-0.25, -0.2) is 4.39 Å². The molecule has 1 aromatic heterocycles. The van der Waals surface area contributed by atoms with Crippen LogP contribution >= 0.6 is 0 Å². The zero-order chi connectivity index (χ0) is 14.9. The van der Waals surface area contributed by atoms with Crippen molar-refractivity contribution in [3.05, 3.63) is 53.5 Å². The lowest BCUT2D eigenvalue weighted by molar-refractivity contribution is 0.101. The van der Waals surface area contributed by atoms with Crippen LogP contribution in [0.15, 0.2) is 36.4 Å². The Bertz CT molecular complexity index is 656. The van der Waals surface area contributed by atoms with E-state index < -0.39 is 0 Å². The van der Waals surface area contributed by atoms with Gasteiger partial charge in [-0.05, 0) is 31.2 Å². The molecule has 20 heavy (non-hydrogen) atoms. The smallest absolute Gasteiger partial charge is 0.159 e. The number of benzene rings is 1. The van der Waals surface area contributed by atoms with Crippen LogP contribution < -0.4 is 0 Å². The van der Waals surface area contributed by atoms with E-state index in [1.165, 1.54) is 13.0 Å². The van der Waals surface area contributed by atoms with Crippen LogP contribution in [0.5, 0.6) is 0 Å². The van der Waals surface area contributed by atoms with Crippen LogP contribution in [0.25, 0.3) is 11.3 Å². The van der Waals surface area contributed by atoms with E-state index >= 15 is 0 Å². The van der Waals surface area contributed by atoms with E-state index in [4.69, 9.17) is 0 Å². The predicted molar refractivity (Wildman–Crippen MR) is 78.3 cm³/mol. The van der Waals surface area contributed by atoms with Crippen molar-refractivity contribution in [1.29, 1.82) is 0 Å². The zero-order valence-corrected chi connectivity index (χ0v) is 12.2. The summed E-state index contributed by atoms with van der Waals surface area (Å²) in [7, 11) is 0. The number of carbonyl (C=O) groups excluding carboxylic acids is 1. The second-order valence-corrected chi connectivity index (χ2v) is 5.91. The fourth-order valence-electron chi connectivity index (χ4n) is 1.92. The molecule has 0 bridgehead atoms. The highest BCUT2D eigenvalue weighted by atomic mass is 19.1. The molecule has 0 radical (unpaired) electrons. The SMILES string of the molecule is CC(=O)c1cc(-c2ccccc2F)nc(C(C)(C)C)c1. The standard InChI is InChI=1S/C17H18FNO/c1-11(20)12-9-15(13-7-5-6-8-14(13)18)19-16(10-12)17(2,3)4/h5-10H,1-4H3. The number of halogens is 1. The lowest BCUT2D eigenvalue weighted by Gasteiger charge is -2.19. The summed E-state index contributed by atoms with van der Waals surface area (Å²) >= 11 is 0. The number of aromatic nitrogens is 1. The summed E-state index contributed by atoms with van der Waals surface area (Å²) in [5.74, 6) is -0.379. The Morgan fingerprint density at radius 3 is 2.35 bits per heavy atom. The minimum absolute atomic E-state index is 0.0458. The van der Waals surface area contributed by atoms with Crippen LogP contribution in [0.2, 0.25) is 0 Å². The van der Waals surface area contributed by atoms with Gasteiger partial charge >= 0.3 is 0 Å². The monoisotopic (exact) mass is 271 g/mol. The van der Waals surface area contributed by atoms with Gasteiger partial charge in [0.2, 0.25) is 0 Å². The maximum absolute atomic E-state index is 13.9. The molecule has 0 aliphatic heterocycles. The fraction of sp³-hybridized carbons (Fsp3) is 0.294. The minimum atomic E-state index is -0.333. The zero-order valence-electron chi connectivity index (χ0n) is 12.2. The normalized spacial score (nSPS) is 11.4. The third-order valence-electron chi connectivity index (χ3n) is 3.15. The molecular formula is C17H18FNO. The van der Waals surface area contributed by atoms with Gasteiger partial charge in [-0.15, -0.1) is 0 Å². The quantitative estimate of drug-likeness (QED) is 0.758. The van der Waals surface area contributed by atoms with E-state index in [0.29, 0.717) is 16.8 Å². The molecule has 0 spiro atoms. The number of nitrogens with zero attached hydrogens (tertiary/aromatic N) is 1. The number of pyridine rings is 1. The third-order valence-corrected chi connectivity index (χ3v) is 3.15. The summed E-state index contributed by atoms with van der Waals surface area (Å²) < 4.78 is 13.9. The number of ketones is 1. The maximum atomic E-state index is 13.9. The average Bonchev–Trinajstić information content (AvgIpc) is 2.37. The molecule has 0 saturated heterocycles. The van der Waals surface area contributed by atoms with Gasteiger partial charge in [0, 0.05) is 22.2 Å². The maximum Gasteiger partial charge on any atom is 0.159 e. The van der Waals surface area contributed by atoms with Crippen molar-refractivity contribution in [2.75, 3.05) is 0 Å². The van der Waals surface area contributed by atoms with Gasteiger partial charge in [-0.3, -0.25) is 9.78 Å². The van der Waals surface area contributed by atoms with Crippen LogP contribution in [0.1, 0.15) is 43.7 Å². The molecule has 0 aliphatic carbocycles. The van der Waals surface area contributed by atoms with Crippen LogP contribution in [-0.2, 0) is 5.41 Å². The first kappa shape index (κ1) is 14.4. The fourth-order valence-corrected chi connectivity index (χ4v) is 1.92. The lowest BCUT2D eigenvalue weighted by atomic mass is 9.89. The molecule has 2 nitrogen and oxygen atoms in total. The molecule has 0 N–H and O–H groups in total. The first-order valence-corrected chi connectivity index (χ1v) is 6.57. The van der Waals surface area contributed by atoms with Crippen LogP contribution in [-0.4, -0.2) is 10.8 Å². The van der Waals surface area contributed by atoms with Gasteiger partial charge in [0.15, 0.2) is 5.78 Å². The van der Waals surface area contributed by atoms with Crippen LogP contribution in [0, 0.1) is 5.82 Å². The molecule has 0 unspecified atom stereocenters. The number of hydrogen-bond donors (Lipinski definition) is 0. The highest BCUT2D eigenvalue weighted by molar-refractivity contribution is 5.95. The van der Waals surface area contributed by atoms with Crippen molar-refractivity contribution < 1.29 is 9.18 Å². The molecule has 0 atom stereocenters.